The van der Waals surface area contributed by atoms with Crippen molar-refractivity contribution in [3.63, 3.8) is 0 Å². The number of benzene rings is 1. The molecule has 2 N–H and O–H groups in total. The highest BCUT2D eigenvalue weighted by Crippen LogP contribution is 2.21. The molecule has 0 spiro atoms. The minimum atomic E-state index is -5.08. The Kier molecular flexibility index (Phi) is 9.24. The second-order valence-corrected chi connectivity index (χ2v) is 6.54. The van der Waals surface area contributed by atoms with E-state index in [1.807, 2.05) is 24.1 Å². The van der Waals surface area contributed by atoms with Crippen LogP contribution in [-0.2, 0) is 9.59 Å². The number of likely N-dealkylation sites (tertiary alicyclic amines) is 1. The van der Waals surface area contributed by atoms with Gasteiger partial charge in [-0.3, -0.25) is 4.79 Å². The molecule has 0 aromatic heterocycles. The summed E-state index contributed by atoms with van der Waals surface area (Å²) >= 11 is 0. The highest BCUT2D eigenvalue weighted by Gasteiger charge is 2.38. The van der Waals surface area contributed by atoms with Gasteiger partial charge in [-0.1, -0.05) is 12.1 Å². The molecule has 1 unspecified atom stereocenters. The molecular formula is C19H27F3N2O4. The summed E-state index contributed by atoms with van der Waals surface area (Å²) in [5.41, 5.74) is 2.37. The van der Waals surface area contributed by atoms with Crippen molar-refractivity contribution in [2.24, 2.45) is 0 Å². The van der Waals surface area contributed by atoms with Gasteiger partial charge in [0.1, 0.15) is 5.75 Å². The van der Waals surface area contributed by atoms with Crippen LogP contribution in [0.25, 0.3) is 0 Å². The number of ether oxygens (including phenoxy) is 1. The lowest BCUT2D eigenvalue weighted by Gasteiger charge is -2.24. The van der Waals surface area contributed by atoms with Crippen molar-refractivity contribution in [1.29, 1.82) is 0 Å². The number of carbonyl (C=O) groups excluding carboxylic acids is 1. The fourth-order valence-electron chi connectivity index (χ4n) is 2.88. The molecule has 1 atom stereocenters. The Morgan fingerprint density at radius 1 is 1.32 bits per heavy atom. The van der Waals surface area contributed by atoms with Crippen molar-refractivity contribution in [3.8, 4) is 5.75 Å². The molecule has 0 saturated carbocycles. The van der Waals surface area contributed by atoms with E-state index in [0.717, 1.165) is 37.2 Å². The van der Waals surface area contributed by atoms with Crippen LogP contribution in [0.1, 0.15) is 30.4 Å². The second-order valence-electron chi connectivity index (χ2n) is 6.54. The van der Waals surface area contributed by atoms with Crippen LogP contribution in [0.2, 0.25) is 0 Å². The molecule has 2 rings (SSSR count). The van der Waals surface area contributed by atoms with Crippen LogP contribution < -0.4 is 10.1 Å². The van der Waals surface area contributed by atoms with Crippen LogP contribution in [0.4, 0.5) is 13.2 Å². The van der Waals surface area contributed by atoms with Crippen LogP contribution in [0.3, 0.4) is 0 Å². The van der Waals surface area contributed by atoms with Crippen molar-refractivity contribution in [2.45, 2.75) is 45.3 Å². The molecule has 6 nitrogen and oxygen atoms in total. The van der Waals surface area contributed by atoms with E-state index in [2.05, 4.69) is 25.2 Å². The smallest absolute Gasteiger partial charge is 0.490 e. The lowest BCUT2D eigenvalue weighted by atomic mass is 10.1. The Morgan fingerprint density at radius 2 is 1.96 bits per heavy atom. The van der Waals surface area contributed by atoms with Gasteiger partial charge in [-0.25, -0.2) is 4.79 Å². The van der Waals surface area contributed by atoms with Crippen molar-refractivity contribution in [2.75, 3.05) is 26.7 Å². The lowest BCUT2D eigenvalue weighted by Crippen LogP contribution is -2.41. The fourth-order valence-corrected chi connectivity index (χ4v) is 2.88. The van der Waals surface area contributed by atoms with Gasteiger partial charge in [0.25, 0.3) is 0 Å². The third kappa shape index (κ3) is 7.38. The monoisotopic (exact) mass is 404 g/mol. The van der Waals surface area contributed by atoms with Crippen molar-refractivity contribution in [1.82, 2.24) is 10.2 Å². The molecule has 0 bridgehead atoms. The molecule has 1 aliphatic heterocycles. The second kappa shape index (κ2) is 10.9. The molecule has 1 amide bonds. The quantitative estimate of drug-likeness (QED) is 0.762. The number of rotatable bonds is 6. The molecule has 1 aromatic rings. The topological polar surface area (TPSA) is 78.9 Å². The third-order valence-electron chi connectivity index (χ3n) is 4.51. The molecule has 1 aromatic carbocycles. The van der Waals surface area contributed by atoms with E-state index in [4.69, 9.17) is 14.6 Å². The average molecular weight is 404 g/mol. The van der Waals surface area contributed by atoms with Gasteiger partial charge in [0.2, 0.25) is 5.91 Å². The van der Waals surface area contributed by atoms with E-state index in [-0.39, 0.29) is 5.91 Å². The van der Waals surface area contributed by atoms with Crippen molar-refractivity contribution < 1.29 is 32.6 Å². The Labute approximate surface area is 162 Å². The lowest BCUT2D eigenvalue weighted by molar-refractivity contribution is -0.192. The van der Waals surface area contributed by atoms with Gasteiger partial charge in [0.05, 0.1) is 13.0 Å². The molecular weight excluding hydrogens is 377 g/mol. The first-order chi connectivity index (χ1) is 13.1. The summed E-state index contributed by atoms with van der Waals surface area (Å²) in [6.07, 6.45) is -2.42. The number of carbonyl (C=O) groups is 2. The van der Waals surface area contributed by atoms with Crippen LogP contribution in [-0.4, -0.2) is 60.8 Å². The van der Waals surface area contributed by atoms with E-state index in [1.54, 1.807) is 0 Å². The molecule has 9 heteroatoms. The minimum absolute atomic E-state index is 0.207. The van der Waals surface area contributed by atoms with E-state index >= 15 is 0 Å². The van der Waals surface area contributed by atoms with Crippen LogP contribution in [0, 0.1) is 13.8 Å². The molecule has 1 saturated heterocycles. The highest BCUT2D eigenvalue weighted by atomic mass is 19.4. The molecule has 1 aliphatic rings. The number of carboxylic acid groups (broad SMARTS) is 1. The number of carboxylic acids is 1. The Balaban J connectivity index is 0.000000480. The maximum absolute atomic E-state index is 12.3. The summed E-state index contributed by atoms with van der Waals surface area (Å²) in [6, 6.07) is 6.37. The zero-order chi connectivity index (χ0) is 21.3. The number of aryl methyl sites for hydroxylation is 1. The normalized spacial score (nSPS) is 16.4. The number of hydrogen-bond donors (Lipinski definition) is 2. The Bertz CT molecular complexity index is 665. The Morgan fingerprint density at radius 3 is 2.54 bits per heavy atom. The number of likely N-dealkylation sites (N-methyl/N-ethyl adjacent to an activating group) is 1. The maximum Gasteiger partial charge on any atom is 0.490 e. The number of nitrogens with zero attached hydrogens (tertiary/aromatic N) is 1. The molecule has 28 heavy (non-hydrogen) atoms. The van der Waals surface area contributed by atoms with Gasteiger partial charge < -0.3 is 20.1 Å². The van der Waals surface area contributed by atoms with Gasteiger partial charge in [-0.05, 0) is 50.9 Å². The summed E-state index contributed by atoms with van der Waals surface area (Å²) in [6.45, 7) is 6.33. The van der Waals surface area contributed by atoms with Crippen molar-refractivity contribution >= 4 is 11.9 Å². The number of hydrogen-bond acceptors (Lipinski definition) is 4. The van der Waals surface area contributed by atoms with Crippen molar-refractivity contribution in [3.05, 3.63) is 29.3 Å². The number of nitrogens with one attached hydrogen (secondary N) is 1. The van der Waals surface area contributed by atoms with Gasteiger partial charge in [0.15, 0.2) is 0 Å². The molecule has 0 aliphatic carbocycles. The summed E-state index contributed by atoms with van der Waals surface area (Å²) in [5, 5.41) is 10.3. The van der Waals surface area contributed by atoms with Gasteiger partial charge in [-0.2, -0.15) is 13.2 Å². The average Bonchev–Trinajstić information content (AvgIpc) is 3.07. The van der Waals surface area contributed by atoms with Crippen LogP contribution in [0.5, 0.6) is 5.75 Å². The first-order valence-electron chi connectivity index (χ1n) is 9.01. The number of halogens is 3. The summed E-state index contributed by atoms with van der Waals surface area (Å²) in [7, 11) is 1.94. The standard InChI is InChI=1S/C17H26N2O2.C2HF3O2/c1-13-6-4-8-16(14(13)2)21-11-9-17(20)19-10-5-7-15(19)12-18-3;3-2(4,5)1(6)7/h4,6,8,15,18H,5,7,9-12H2,1-3H3;(H,6,7). The minimum Gasteiger partial charge on any atom is -0.493 e. The van der Waals surface area contributed by atoms with Crippen LogP contribution >= 0.6 is 0 Å². The zero-order valence-corrected chi connectivity index (χ0v) is 16.3. The summed E-state index contributed by atoms with van der Waals surface area (Å²) in [4.78, 5) is 23.2. The first-order valence-corrected chi connectivity index (χ1v) is 9.01. The van der Waals surface area contributed by atoms with E-state index in [1.165, 1.54) is 5.56 Å². The van der Waals surface area contributed by atoms with Gasteiger partial charge in [-0.15, -0.1) is 0 Å². The highest BCUT2D eigenvalue weighted by molar-refractivity contribution is 5.77. The predicted octanol–water partition coefficient (Wildman–Crippen LogP) is 2.92. The summed E-state index contributed by atoms with van der Waals surface area (Å²) in [5.74, 6) is -1.67. The first kappa shape index (κ1) is 23.7. The fraction of sp³-hybridized carbons (Fsp3) is 0.579. The number of alkyl halides is 3. The van der Waals surface area contributed by atoms with Gasteiger partial charge in [0, 0.05) is 19.1 Å². The molecule has 1 heterocycles. The number of amides is 1. The van der Waals surface area contributed by atoms with Crippen LogP contribution in [0.15, 0.2) is 18.2 Å². The third-order valence-corrected chi connectivity index (χ3v) is 4.51. The largest absolute Gasteiger partial charge is 0.493 e. The SMILES string of the molecule is CNCC1CCCN1C(=O)CCOc1cccc(C)c1C.O=C(O)C(F)(F)F. The summed E-state index contributed by atoms with van der Waals surface area (Å²) < 4.78 is 37.5. The van der Waals surface area contributed by atoms with E-state index < -0.39 is 12.1 Å². The molecule has 0 radical (unpaired) electrons. The van der Waals surface area contributed by atoms with E-state index in [0.29, 0.717) is 19.1 Å². The number of aliphatic carboxylic acids is 1. The molecule has 158 valence electrons. The van der Waals surface area contributed by atoms with E-state index in [9.17, 15) is 18.0 Å². The van der Waals surface area contributed by atoms with Gasteiger partial charge >= 0.3 is 12.1 Å². The molecule has 1 fully saturated rings. The Hall–Kier alpha value is -2.29. The predicted molar refractivity (Wildman–Crippen MR) is 98.4 cm³/mol. The zero-order valence-electron chi connectivity index (χ0n) is 16.3. The maximum atomic E-state index is 12.3.